The molecule has 0 aliphatic heterocycles. The predicted octanol–water partition coefficient (Wildman–Crippen LogP) is 5.28. The lowest BCUT2D eigenvalue weighted by atomic mass is 10.2. The molecule has 20 heavy (non-hydrogen) atoms. The van der Waals surface area contributed by atoms with Gasteiger partial charge in [-0.1, -0.05) is 49.8 Å². The van der Waals surface area contributed by atoms with Gasteiger partial charge in [-0.3, -0.25) is 10.1 Å². The van der Waals surface area contributed by atoms with Gasteiger partial charge < -0.3 is 5.32 Å². The van der Waals surface area contributed by atoms with Crippen molar-refractivity contribution >= 4 is 35.4 Å². The number of nitro benzene ring substituents is 1. The lowest BCUT2D eigenvalue weighted by Gasteiger charge is -2.37. The van der Waals surface area contributed by atoms with E-state index < -0.39 is 8.07 Å². The number of nitro groups is 1. The normalized spacial score (nSPS) is 12.3. The van der Waals surface area contributed by atoms with Crippen molar-refractivity contribution in [1.82, 2.24) is 0 Å². The maximum atomic E-state index is 11.0. The largest absolute Gasteiger partial charge is 0.380 e. The van der Waals surface area contributed by atoms with Gasteiger partial charge in [-0.15, -0.1) is 0 Å². The molecule has 112 valence electrons. The second-order valence-corrected chi connectivity index (χ2v) is 13.4. The first-order chi connectivity index (χ1) is 9.04. The summed E-state index contributed by atoms with van der Waals surface area (Å²) >= 11 is 3.27. The van der Waals surface area contributed by atoms with Gasteiger partial charge in [0.25, 0.3) is 5.69 Å². The van der Waals surface area contributed by atoms with Crippen molar-refractivity contribution in [3.63, 3.8) is 0 Å². The molecular weight excluding hydrogens is 336 g/mol. The molecule has 1 rings (SSSR count). The highest BCUT2D eigenvalue weighted by Crippen LogP contribution is 2.38. The van der Waals surface area contributed by atoms with Crippen LogP contribution in [0.25, 0.3) is 0 Å². The Bertz CT molecular complexity index is 498. The van der Waals surface area contributed by atoms with E-state index in [1.54, 1.807) is 6.07 Å². The maximum absolute atomic E-state index is 11.0. The lowest BCUT2D eigenvalue weighted by Crippen LogP contribution is -2.38. The van der Waals surface area contributed by atoms with Gasteiger partial charge in [0.05, 0.1) is 13.0 Å². The van der Waals surface area contributed by atoms with Gasteiger partial charge in [0.1, 0.15) is 5.69 Å². The average molecular weight is 359 g/mol. The van der Waals surface area contributed by atoms with E-state index in [-0.39, 0.29) is 10.6 Å². The lowest BCUT2D eigenvalue weighted by molar-refractivity contribution is -0.384. The molecule has 0 saturated carbocycles. The van der Waals surface area contributed by atoms with Crippen LogP contribution in [-0.4, -0.2) is 19.5 Å². The van der Waals surface area contributed by atoms with E-state index in [1.165, 1.54) is 6.07 Å². The standard InChI is InChI=1S/C14H23BrN2O2Si/c1-14(2,3)20(4,5)9-8-16-12-7-6-11(15)10-13(12)17(18)19/h6-7,10,16H,8-9H2,1-5H3. The summed E-state index contributed by atoms with van der Waals surface area (Å²) in [6.07, 6.45) is 0. The highest BCUT2D eigenvalue weighted by molar-refractivity contribution is 9.10. The zero-order chi connectivity index (χ0) is 15.6. The SMILES string of the molecule is CC(C)(C)[Si](C)(C)CCNc1ccc(Br)cc1[N+](=O)[O-]. The fourth-order valence-electron chi connectivity index (χ4n) is 1.69. The summed E-state index contributed by atoms with van der Waals surface area (Å²) in [4.78, 5) is 10.7. The third-order valence-corrected chi connectivity index (χ3v) is 10.3. The highest BCUT2D eigenvalue weighted by atomic mass is 79.9. The third-order valence-electron chi connectivity index (χ3n) is 4.25. The van der Waals surface area contributed by atoms with Crippen LogP contribution in [0.4, 0.5) is 11.4 Å². The summed E-state index contributed by atoms with van der Waals surface area (Å²) in [5.74, 6) is 0. The minimum Gasteiger partial charge on any atom is -0.380 e. The van der Waals surface area contributed by atoms with Gasteiger partial charge in [0, 0.05) is 17.1 Å². The van der Waals surface area contributed by atoms with Crippen LogP contribution >= 0.6 is 15.9 Å². The molecule has 6 heteroatoms. The molecule has 0 bridgehead atoms. The molecule has 4 nitrogen and oxygen atoms in total. The van der Waals surface area contributed by atoms with Crippen LogP contribution in [0.5, 0.6) is 0 Å². The van der Waals surface area contributed by atoms with Crippen molar-refractivity contribution in [1.29, 1.82) is 0 Å². The molecule has 0 spiro atoms. The predicted molar refractivity (Wildman–Crippen MR) is 91.3 cm³/mol. The van der Waals surface area contributed by atoms with Crippen LogP contribution in [0.15, 0.2) is 22.7 Å². The number of nitrogens with one attached hydrogen (secondary N) is 1. The van der Waals surface area contributed by atoms with Crippen molar-refractivity contribution in [2.45, 2.75) is 44.9 Å². The fourth-order valence-corrected chi connectivity index (χ4v) is 3.54. The van der Waals surface area contributed by atoms with E-state index >= 15 is 0 Å². The van der Waals surface area contributed by atoms with Gasteiger partial charge in [-0.05, 0) is 23.2 Å². The molecule has 0 amide bonds. The Morgan fingerprint density at radius 3 is 2.45 bits per heavy atom. The van der Waals surface area contributed by atoms with E-state index in [9.17, 15) is 10.1 Å². The summed E-state index contributed by atoms with van der Waals surface area (Å²) in [6, 6.07) is 6.20. The summed E-state index contributed by atoms with van der Waals surface area (Å²) in [6.45, 7) is 12.3. The Hall–Kier alpha value is -0.883. The number of benzene rings is 1. The Morgan fingerprint density at radius 2 is 1.95 bits per heavy atom. The van der Waals surface area contributed by atoms with Gasteiger partial charge in [-0.2, -0.15) is 0 Å². The van der Waals surface area contributed by atoms with Crippen LogP contribution in [0, 0.1) is 10.1 Å². The zero-order valence-electron chi connectivity index (χ0n) is 12.8. The zero-order valence-corrected chi connectivity index (χ0v) is 15.4. The van der Waals surface area contributed by atoms with Crippen molar-refractivity contribution in [3.05, 3.63) is 32.8 Å². The Labute approximate surface area is 130 Å². The van der Waals surface area contributed by atoms with E-state index in [4.69, 9.17) is 0 Å². The smallest absolute Gasteiger partial charge is 0.293 e. The fraction of sp³-hybridized carbons (Fsp3) is 0.571. The van der Waals surface area contributed by atoms with Gasteiger partial charge in [0.15, 0.2) is 0 Å². The third kappa shape index (κ3) is 4.31. The molecule has 1 aromatic rings. The van der Waals surface area contributed by atoms with Crippen LogP contribution in [0.3, 0.4) is 0 Å². The van der Waals surface area contributed by atoms with Gasteiger partial charge in [0.2, 0.25) is 0 Å². The first-order valence-corrected chi connectivity index (χ1v) is 10.7. The minimum absolute atomic E-state index is 0.120. The number of hydrogen-bond acceptors (Lipinski definition) is 3. The second kappa shape index (κ2) is 6.26. The molecule has 0 atom stereocenters. The molecule has 1 N–H and O–H groups in total. The molecule has 0 unspecified atom stereocenters. The van der Waals surface area contributed by atoms with Crippen molar-refractivity contribution in [3.8, 4) is 0 Å². The van der Waals surface area contributed by atoms with Crippen LogP contribution < -0.4 is 5.32 Å². The number of anilines is 1. The molecule has 0 aliphatic carbocycles. The Kier molecular flexibility index (Phi) is 5.37. The van der Waals surface area contributed by atoms with Gasteiger partial charge in [-0.25, -0.2) is 0 Å². The molecule has 0 saturated heterocycles. The quantitative estimate of drug-likeness (QED) is 0.442. The minimum atomic E-state index is -1.36. The van der Waals surface area contributed by atoms with E-state index in [0.717, 1.165) is 17.1 Å². The van der Waals surface area contributed by atoms with E-state index in [1.807, 2.05) is 6.07 Å². The average Bonchev–Trinajstić information content (AvgIpc) is 2.29. The van der Waals surface area contributed by atoms with E-state index in [0.29, 0.717) is 10.7 Å². The van der Waals surface area contributed by atoms with Crippen LogP contribution in [0.1, 0.15) is 20.8 Å². The molecule has 1 aromatic carbocycles. The van der Waals surface area contributed by atoms with Crippen LogP contribution in [-0.2, 0) is 0 Å². The molecule has 0 aliphatic rings. The number of hydrogen-bond donors (Lipinski definition) is 1. The summed E-state index contributed by atoms with van der Waals surface area (Å²) in [7, 11) is -1.36. The summed E-state index contributed by atoms with van der Waals surface area (Å²) < 4.78 is 0.721. The topological polar surface area (TPSA) is 55.2 Å². The number of nitrogens with zero attached hydrogens (tertiary/aromatic N) is 1. The first kappa shape index (κ1) is 17.2. The number of rotatable bonds is 5. The van der Waals surface area contributed by atoms with Crippen LogP contribution in [0.2, 0.25) is 24.2 Å². The van der Waals surface area contributed by atoms with Gasteiger partial charge >= 0.3 is 0 Å². The molecular formula is C14H23BrN2O2Si. The molecule has 0 aromatic heterocycles. The molecule has 0 fully saturated rings. The Morgan fingerprint density at radius 1 is 1.35 bits per heavy atom. The highest BCUT2D eigenvalue weighted by Gasteiger charge is 2.34. The summed E-state index contributed by atoms with van der Waals surface area (Å²) in [5, 5.41) is 14.6. The maximum Gasteiger partial charge on any atom is 0.293 e. The first-order valence-electron chi connectivity index (χ1n) is 6.72. The van der Waals surface area contributed by atoms with Crippen molar-refractivity contribution in [2.75, 3.05) is 11.9 Å². The molecule has 0 radical (unpaired) electrons. The van der Waals surface area contributed by atoms with E-state index in [2.05, 4.69) is 55.1 Å². The summed E-state index contributed by atoms with van der Waals surface area (Å²) in [5.41, 5.74) is 0.714. The number of halogens is 1. The Balaban J connectivity index is 2.75. The van der Waals surface area contributed by atoms with Crippen molar-refractivity contribution in [2.24, 2.45) is 0 Å². The molecule has 0 heterocycles. The second-order valence-electron chi connectivity index (χ2n) is 6.73. The van der Waals surface area contributed by atoms with Crippen molar-refractivity contribution < 1.29 is 4.92 Å². The monoisotopic (exact) mass is 358 g/mol.